The molecule has 1 atom stereocenters. The van der Waals surface area contributed by atoms with Crippen LogP contribution in [0.4, 0.5) is 4.39 Å². The first-order valence-corrected chi connectivity index (χ1v) is 13.0. The summed E-state index contributed by atoms with van der Waals surface area (Å²) in [6.45, 7) is 5.52. The number of esters is 1. The van der Waals surface area contributed by atoms with Crippen molar-refractivity contribution in [1.82, 2.24) is 0 Å². The van der Waals surface area contributed by atoms with E-state index in [-0.39, 0.29) is 30.7 Å². The Hall–Kier alpha value is -3.54. The quantitative estimate of drug-likeness (QED) is 0.227. The van der Waals surface area contributed by atoms with Crippen molar-refractivity contribution in [3.63, 3.8) is 0 Å². The third kappa shape index (κ3) is 5.15. The maximum absolute atomic E-state index is 14.8. The highest BCUT2D eigenvalue weighted by Crippen LogP contribution is 2.43. The largest absolute Gasteiger partial charge is 0.493 e. The number of aryl methyl sites for hydroxylation is 1. The Bertz CT molecular complexity index is 1320. The fourth-order valence-electron chi connectivity index (χ4n) is 5.18. The van der Waals surface area contributed by atoms with Gasteiger partial charge in [0, 0.05) is 23.1 Å². The van der Waals surface area contributed by atoms with Crippen LogP contribution < -0.4 is 14.2 Å². The molecular formula is C31H33FO5. The van der Waals surface area contributed by atoms with E-state index in [1.807, 2.05) is 24.3 Å². The van der Waals surface area contributed by atoms with Crippen molar-refractivity contribution in [3.8, 4) is 28.4 Å². The van der Waals surface area contributed by atoms with Gasteiger partial charge in [-0.3, -0.25) is 4.79 Å². The molecule has 2 aliphatic rings. The molecule has 0 fully saturated rings. The van der Waals surface area contributed by atoms with Crippen molar-refractivity contribution < 1.29 is 28.1 Å². The summed E-state index contributed by atoms with van der Waals surface area (Å²) in [7, 11) is 1.38. The van der Waals surface area contributed by atoms with Gasteiger partial charge in [-0.25, -0.2) is 4.39 Å². The molecule has 0 saturated carbocycles. The van der Waals surface area contributed by atoms with Crippen LogP contribution in [0.3, 0.4) is 0 Å². The Morgan fingerprint density at radius 3 is 2.68 bits per heavy atom. The molecule has 3 aromatic carbocycles. The van der Waals surface area contributed by atoms with Crippen molar-refractivity contribution in [3.05, 3.63) is 76.1 Å². The highest BCUT2D eigenvalue weighted by atomic mass is 19.1. The molecular weight excluding hydrogens is 471 g/mol. The second kappa shape index (κ2) is 10.8. The SMILES string of the molecule is CCCCOc1cc(C)c(-c2ccc(F)c(COc3ccc4c(c3)OC[C@H]4CC(=O)OC)c2)c2c1CC2. The Labute approximate surface area is 217 Å². The van der Waals surface area contributed by atoms with Gasteiger partial charge in [0.25, 0.3) is 0 Å². The van der Waals surface area contributed by atoms with Gasteiger partial charge in [-0.2, -0.15) is 0 Å². The zero-order chi connectivity index (χ0) is 25.9. The summed E-state index contributed by atoms with van der Waals surface area (Å²) in [4.78, 5) is 11.7. The lowest BCUT2D eigenvalue weighted by Gasteiger charge is -2.28. The van der Waals surface area contributed by atoms with Crippen LogP contribution in [-0.4, -0.2) is 26.3 Å². The average molecular weight is 505 g/mol. The first kappa shape index (κ1) is 25.1. The maximum atomic E-state index is 14.8. The van der Waals surface area contributed by atoms with Gasteiger partial charge >= 0.3 is 5.97 Å². The highest BCUT2D eigenvalue weighted by Gasteiger charge is 2.28. The van der Waals surface area contributed by atoms with Crippen molar-refractivity contribution in [2.45, 2.75) is 58.5 Å². The van der Waals surface area contributed by atoms with Gasteiger partial charge in [-0.05, 0) is 78.3 Å². The van der Waals surface area contributed by atoms with Crippen LogP contribution in [0.2, 0.25) is 0 Å². The van der Waals surface area contributed by atoms with Gasteiger partial charge in [0.15, 0.2) is 0 Å². The third-order valence-electron chi connectivity index (χ3n) is 7.32. The monoisotopic (exact) mass is 504 g/mol. The molecule has 194 valence electrons. The van der Waals surface area contributed by atoms with E-state index in [2.05, 4.69) is 19.9 Å². The van der Waals surface area contributed by atoms with E-state index in [4.69, 9.17) is 18.9 Å². The van der Waals surface area contributed by atoms with Crippen LogP contribution >= 0.6 is 0 Å². The number of halogens is 1. The molecule has 37 heavy (non-hydrogen) atoms. The Kier molecular flexibility index (Phi) is 7.36. The Balaban J connectivity index is 1.32. The summed E-state index contributed by atoms with van der Waals surface area (Å²) < 4.78 is 37.3. The molecule has 0 saturated heterocycles. The van der Waals surface area contributed by atoms with Gasteiger partial charge in [0.1, 0.15) is 29.7 Å². The smallest absolute Gasteiger partial charge is 0.306 e. The molecule has 0 unspecified atom stereocenters. The fourth-order valence-corrected chi connectivity index (χ4v) is 5.18. The van der Waals surface area contributed by atoms with E-state index in [9.17, 15) is 9.18 Å². The first-order chi connectivity index (χ1) is 18.0. The number of methoxy groups -OCH3 is 1. The van der Waals surface area contributed by atoms with Crippen LogP contribution in [-0.2, 0) is 29.0 Å². The molecule has 0 radical (unpaired) electrons. The molecule has 3 aromatic rings. The fraction of sp³-hybridized carbons (Fsp3) is 0.387. The molecule has 0 aromatic heterocycles. The molecule has 0 N–H and O–H groups in total. The lowest BCUT2D eigenvalue weighted by Crippen LogP contribution is -2.15. The summed E-state index contributed by atoms with van der Waals surface area (Å²) in [6, 6.07) is 12.9. The van der Waals surface area contributed by atoms with E-state index in [1.165, 1.54) is 29.9 Å². The minimum atomic E-state index is -0.296. The minimum Gasteiger partial charge on any atom is -0.493 e. The number of carbonyl (C=O) groups is 1. The van der Waals surface area contributed by atoms with Crippen LogP contribution in [0.15, 0.2) is 42.5 Å². The molecule has 0 amide bonds. The predicted octanol–water partition coefficient (Wildman–Crippen LogP) is 6.70. The summed E-state index contributed by atoms with van der Waals surface area (Å²) in [6.07, 6.45) is 4.44. The molecule has 1 heterocycles. The zero-order valence-electron chi connectivity index (χ0n) is 21.7. The minimum absolute atomic E-state index is 0.0325. The van der Waals surface area contributed by atoms with Gasteiger partial charge < -0.3 is 18.9 Å². The van der Waals surface area contributed by atoms with Gasteiger partial charge in [-0.15, -0.1) is 0 Å². The molecule has 6 heteroatoms. The lowest BCUT2D eigenvalue weighted by atomic mass is 9.79. The Morgan fingerprint density at radius 2 is 1.92 bits per heavy atom. The molecule has 1 aliphatic heterocycles. The van der Waals surface area contributed by atoms with Crippen LogP contribution in [0.1, 0.15) is 59.9 Å². The van der Waals surface area contributed by atoms with Crippen LogP contribution in [0.5, 0.6) is 17.2 Å². The standard InChI is InChI=1S/C31H33FO5/c1-4-5-12-35-28-13-19(2)31(26-10-9-25(26)28)20-6-11-27(32)22(14-20)18-36-23-7-8-24-21(15-30(33)34-3)17-37-29(24)16-23/h6-8,11,13-14,16,21H,4-5,9-10,12,15,17-18H2,1-3H3/t21-/m1/s1. The predicted molar refractivity (Wildman–Crippen MR) is 140 cm³/mol. The number of ether oxygens (including phenoxy) is 4. The average Bonchev–Trinajstić information content (AvgIpc) is 3.27. The van der Waals surface area contributed by atoms with Crippen LogP contribution in [0, 0.1) is 12.7 Å². The summed E-state index contributed by atoms with van der Waals surface area (Å²) in [5, 5.41) is 0. The van der Waals surface area contributed by atoms with Crippen molar-refractivity contribution >= 4 is 5.97 Å². The van der Waals surface area contributed by atoms with Gasteiger partial charge in [0.2, 0.25) is 0 Å². The van der Waals surface area contributed by atoms with Crippen molar-refractivity contribution in [2.75, 3.05) is 20.3 Å². The number of hydrogen-bond acceptors (Lipinski definition) is 5. The Morgan fingerprint density at radius 1 is 1.08 bits per heavy atom. The summed E-state index contributed by atoms with van der Waals surface area (Å²) in [5.74, 6) is 1.69. The van der Waals surface area contributed by atoms with Crippen molar-refractivity contribution in [2.24, 2.45) is 0 Å². The third-order valence-corrected chi connectivity index (χ3v) is 7.32. The second-order valence-electron chi connectivity index (χ2n) is 9.81. The molecule has 0 bridgehead atoms. The number of hydrogen-bond donors (Lipinski definition) is 0. The maximum Gasteiger partial charge on any atom is 0.306 e. The van der Waals surface area contributed by atoms with E-state index < -0.39 is 0 Å². The van der Waals surface area contributed by atoms with Gasteiger partial charge in [0.05, 0.1) is 26.7 Å². The van der Waals surface area contributed by atoms with E-state index in [1.54, 1.807) is 6.07 Å². The van der Waals surface area contributed by atoms with E-state index in [0.717, 1.165) is 54.7 Å². The van der Waals surface area contributed by atoms with Gasteiger partial charge in [-0.1, -0.05) is 25.5 Å². The number of fused-ring (bicyclic) bond motifs is 2. The van der Waals surface area contributed by atoms with Crippen LogP contribution in [0.25, 0.3) is 11.1 Å². The topological polar surface area (TPSA) is 54.0 Å². The molecule has 5 nitrogen and oxygen atoms in total. The van der Waals surface area contributed by atoms with E-state index >= 15 is 0 Å². The molecule has 1 aliphatic carbocycles. The summed E-state index contributed by atoms with van der Waals surface area (Å²) >= 11 is 0. The number of rotatable bonds is 10. The normalized spacial score (nSPS) is 15.3. The van der Waals surface area contributed by atoms with E-state index in [0.29, 0.717) is 23.7 Å². The second-order valence-corrected chi connectivity index (χ2v) is 9.81. The van der Waals surface area contributed by atoms with Crippen molar-refractivity contribution in [1.29, 1.82) is 0 Å². The zero-order valence-corrected chi connectivity index (χ0v) is 21.7. The highest BCUT2D eigenvalue weighted by molar-refractivity contribution is 5.76. The summed E-state index contributed by atoms with van der Waals surface area (Å²) in [5.41, 5.74) is 7.36. The molecule has 0 spiro atoms. The number of carbonyl (C=O) groups excluding carboxylic acids is 1. The lowest BCUT2D eigenvalue weighted by molar-refractivity contribution is -0.141. The molecule has 5 rings (SSSR count). The number of benzene rings is 3. The number of unbranched alkanes of at least 4 members (excludes halogenated alkanes) is 1. The first-order valence-electron chi connectivity index (χ1n) is 13.0.